The molecular formula is C11H14ClN3O2. The minimum atomic E-state index is 0.144. The number of ether oxygens (including phenoxy) is 1. The zero-order valence-corrected chi connectivity index (χ0v) is 10.2. The Kier molecular flexibility index (Phi) is 2.90. The summed E-state index contributed by atoms with van der Waals surface area (Å²) < 4.78 is 5.39. The molecule has 3 rings (SSSR count). The molecule has 0 aromatic carbocycles. The van der Waals surface area contributed by atoms with E-state index in [4.69, 9.17) is 16.3 Å². The fourth-order valence-electron chi connectivity index (χ4n) is 2.55. The number of rotatable bonds is 2. The average Bonchev–Trinajstić information content (AvgIpc) is 2.95. The molecule has 0 saturated carbocycles. The molecule has 92 valence electrons. The molecule has 1 unspecified atom stereocenters. The molecule has 2 aliphatic heterocycles. The Balaban J connectivity index is 2.02. The van der Waals surface area contributed by atoms with Crippen LogP contribution in [0.1, 0.15) is 24.1 Å². The summed E-state index contributed by atoms with van der Waals surface area (Å²) >= 11 is 5.93. The molecule has 1 fully saturated rings. The van der Waals surface area contributed by atoms with Crippen molar-refractivity contribution in [3.63, 3.8) is 0 Å². The molecule has 0 amide bonds. The Morgan fingerprint density at radius 1 is 1.41 bits per heavy atom. The highest BCUT2D eigenvalue weighted by atomic mass is 35.5. The molecule has 2 aliphatic rings. The normalized spacial score (nSPS) is 23.2. The summed E-state index contributed by atoms with van der Waals surface area (Å²) in [6.07, 6.45) is 2.07. The van der Waals surface area contributed by atoms with Crippen molar-refractivity contribution in [3.05, 3.63) is 16.5 Å². The van der Waals surface area contributed by atoms with Crippen molar-refractivity contribution in [3.8, 4) is 0 Å². The highest BCUT2D eigenvalue weighted by Gasteiger charge is 2.30. The summed E-state index contributed by atoms with van der Waals surface area (Å²) in [5.41, 5.74) is 1.90. The van der Waals surface area contributed by atoms with Gasteiger partial charge >= 0.3 is 0 Å². The molecule has 6 heteroatoms. The van der Waals surface area contributed by atoms with Crippen LogP contribution in [0.5, 0.6) is 0 Å². The van der Waals surface area contributed by atoms with E-state index in [0.29, 0.717) is 13.2 Å². The second-order valence-electron chi connectivity index (χ2n) is 4.41. The van der Waals surface area contributed by atoms with Crippen molar-refractivity contribution in [2.24, 2.45) is 0 Å². The monoisotopic (exact) mass is 255 g/mol. The van der Waals surface area contributed by atoms with Gasteiger partial charge in [0.15, 0.2) is 0 Å². The fourth-order valence-corrected chi connectivity index (χ4v) is 2.73. The van der Waals surface area contributed by atoms with Crippen LogP contribution in [0, 0.1) is 0 Å². The number of nitrogens with zero attached hydrogens (tertiary/aromatic N) is 3. The molecule has 0 bridgehead atoms. The van der Waals surface area contributed by atoms with Crippen LogP contribution in [0.15, 0.2) is 0 Å². The van der Waals surface area contributed by atoms with Gasteiger partial charge in [-0.2, -0.15) is 0 Å². The quantitative estimate of drug-likeness (QED) is 0.803. The van der Waals surface area contributed by atoms with Gasteiger partial charge in [-0.15, -0.1) is 0 Å². The summed E-state index contributed by atoms with van der Waals surface area (Å²) in [6.45, 7) is 2.10. The molecule has 17 heavy (non-hydrogen) atoms. The second-order valence-corrected chi connectivity index (χ2v) is 4.74. The molecule has 1 saturated heterocycles. The maximum atomic E-state index is 9.37. The van der Waals surface area contributed by atoms with Crippen molar-refractivity contribution in [1.82, 2.24) is 9.97 Å². The fraction of sp³-hybridized carbons (Fsp3) is 0.636. The van der Waals surface area contributed by atoms with Gasteiger partial charge in [-0.05, 0) is 24.4 Å². The standard InChI is InChI=1S/C11H14ClN3O2/c12-11-13-9-6-17-5-8(9)10(14-11)15-3-1-2-7(15)4-16/h7,16H,1-6H2. The van der Waals surface area contributed by atoms with Gasteiger partial charge in [-0.1, -0.05) is 0 Å². The molecule has 0 spiro atoms. The first kappa shape index (κ1) is 11.2. The van der Waals surface area contributed by atoms with Gasteiger partial charge in [0.2, 0.25) is 5.28 Å². The average molecular weight is 256 g/mol. The van der Waals surface area contributed by atoms with Crippen LogP contribution in [0.4, 0.5) is 5.82 Å². The summed E-state index contributed by atoms with van der Waals surface area (Å²) in [6, 6.07) is 0.144. The van der Waals surface area contributed by atoms with Gasteiger partial charge in [0.05, 0.1) is 31.6 Å². The Bertz CT molecular complexity index is 441. The molecule has 1 aromatic heterocycles. The number of hydrogen-bond donors (Lipinski definition) is 1. The Morgan fingerprint density at radius 3 is 3.12 bits per heavy atom. The third kappa shape index (κ3) is 1.88. The summed E-state index contributed by atoms with van der Waals surface area (Å²) in [7, 11) is 0. The van der Waals surface area contributed by atoms with Crippen molar-refractivity contribution < 1.29 is 9.84 Å². The van der Waals surface area contributed by atoms with E-state index < -0.39 is 0 Å². The molecular weight excluding hydrogens is 242 g/mol. The van der Waals surface area contributed by atoms with E-state index in [1.165, 1.54) is 0 Å². The lowest BCUT2D eigenvalue weighted by molar-refractivity contribution is 0.133. The summed E-state index contributed by atoms with van der Waals surface area (Å²) in [4.78, 5) is 10.6. The lowest BCUT2D eigenvalue weighted by Gasteiger charge is -2.25. The maximum Gasteiger partial charge on any atom is 0.224 e. The maximum absolute atomic E-state index is 9.37. The van der Waals surface area contributed by atoms with Crippen LogP contribution in [-0.4, -0.2) is 34.3 Å². The van der Waals surface area contributed by atoms with E-state index in [1.807, 2.05) is 0 Å². The number of aromatic nitrogens is 2. The van der Waals surface area contributed by atoms with Crippen LogP contribution in [0.3, 0.4) is 0 Å². The van der Waals surface area contributed by atoms with Crippen molar-refractivity contribution in [1.29, 1.82) is 0 Å². The van der Waals surface area contributed by atoms with Gasteiger partial charge < -0.3 is 14.7 Å². The van der Waals surface area contributed by atoms with Gasteiger partial charge in [0.25, 0.3) is 0 Å². The largest absolute Gasteiger partial charge is 0.394 e. The Labute approximate surface area is 104 Å². The van der Waals surface area contributed by atoms with Gasteiger partial charge in [-0.25, -0.2) is 9.97 Å². The van der Waals surface area contributed by atoms with E-state index in [-0.39, 0.29) is 17.9 Å². The van der Waals surface area contributed by atoms with Crippen LogP contribution >= 0.6 is 11.6 Å². The van der Waals surface area contributed by atoms with Crippen molar-refractivity contribution in [2.45, 2.75) is 32.1 Å². The summed E-state index contributed by atoms with van der Waals surface area (Å²) in [5.74, 6) is 0.842. The third-order valence-electron chi connectivity index (χ3n) is 3.39. The minimum Gasteiger partial charge on any atom is -0.394 e. The van der Waals surface area contributed by atoms with Crippen LogP contribution in [0.2, 0.25) is 5.28 Å². The Hall–Kier alpha value is -0.910. The van der Waals surface area contributed by atoms with E-state index in [1.54, 1.807) is 0 Å². The number of anilines is 1. The first-order chi connectivity index (χ1) is 8.29. The van der Waals surface area contributed by atoms with Gasteiger partial charge in [0.1, 0.15) is 5.82 Å². The number of hydrogen-bond acceptors (Lipinski definition) is 5. The first-order valence-electron chi connectivity index (χ1n) is 5.80. The van der Waals surface area contributed by atoms with Crippen LogP contribution in [-0.2, 0) is 18.0 Å². The van der Waals surface area contributed by atoms with E-state index in [9.17, 15) is 5.11 Å². The smallest absolute Gasteiger partial charge is 0.224 e. The molecule has 1 N–H and O–H groups in total. The molecule has 1 atom stereocenters. The van der Waals surface area contributed by atoms with E-state index >= 15 is 0 Å². The predicted molar refractivity (Wildman–Crippen MR) is 63.0 cm³/mol. The second kappa shape index (κ2) is 4.40. The lowest BCUT2D eigenvalue weighted by atomic mass is 10.2. The third-order valence-corrected chi connectivity index (χ3v) is 3.56. The zero-order valence-electron chi connectivity index (χ0n) is 9.40. The SMILES string of the molecule is OCC1CCCN1c1nc(Cl)nc2c1COC2. The Morgan fingerprint density at radius 2 is 2.29 bits per heavy atom. The molecule has 0 radical (unpaired) electrons. The van der Waals surface area contributed by atoms with Crippen LogP contribution in [0.25, 0.3) is 0 Å². The summed E-state index contributed by atoms with van der Waals surface area (Å²) in [5, 5.41) is 9.62. The molecule has 3 heterocycles. The number of fused-ring (bicyclic) bond motifs is 1. The van der Waals surface area contributed by atoms with E-state index in [0.717, 1.165) is 36.5 Å². The molecule has 1 aromatic rings. The van der Waals surface area contributed by atoms with Crippen LogP contribution < -0.4 is 4.90 Å². The minimum absolute atomic E-state index is 0.144. The predicted octanol–water partition coefficient (Wildman–Crippen LogP) is 1.12. The van der Waals surface area contributed by atoms with Gasteiger partial charge in [0, 0.05) is 12.1 Å². The highest BCUT2D eigenvalue weighted by Crippen LogP contribution is 2.32. The first-order valence-corrected chi connectivity index (χ1v) is 6.18. The van der Waals surface area contributed by atoms with Crippen molar-refractivity contribution in [2.75, 3.05) is 18.1 Å². The van der Waals surface area contributed by atoms with Gasteiger partial charge in [-0.3, -0.25) is 0 Å². The number of halogens is 1. The lowest BCUT2D eigenvalue weighted by Crippen LogP contribution is -2.33. The topological polar surface area (TPSA) is 58.5 Å². The molecule has 5 nitrogen and oxygen atoms in total. The number of aliphatic hydroxyl groups excluding tert-OH is 1. The molecule has 0 aliphatic carbocycles. The zero-order chi connectivity index (χ0) is 11.8. The highest BCUT2D eigenvalue weighted by molar-refractivity contribution is 6.28. The van der Waals surface area contributed by atoms with Crippen molar-refractivity contribution >= 4 is 17.4 Å². The number of aliphatic hydroxyl groups is 1. The van der Waals surface area contributed by atoms with E-state index in [2.05, 4.69) is 14.9 Å².